The zero-order valence-electron chi connectivity index (χ0n) is 14.7. The fourth-order valence-electron chi connectivity index (χ4n) is 3.73. The first-order valence-corrected chi connectivity index (χ1v) is 9.01. The third-order valence-electron chi connectivity index (χ3n) is 5.11. The zero-order valence-corrected chi connectivity index (χ0v) is 14.7. The van der Waals surface area contributed by atoms with E-state index in [0.717, 1.165) is 25.9 Å². The predicted molar refractivity (Wildman–Crippen MR) is 89.4 cm³/mol. The number of amides is 2. The summed E-state index contributed by atoms with van der Waals surface area (Å²) >= 11 is 0. The second-order valence-corrected chi connectivity index (χ2v) is 6.81. The van der Waals surface area contributed by atoms with Crippen LogP contribution in [0.4, 0.5) is 0 Å². The van der Waals surface area contributed by atoms with Crippen molar-refractivity contribution in [3.05, 3.63) is 0 Å². The number of likely N-dealkylation sites (tertiary alicyclic amines) is 2. The Hall–Kier alpha value is -1.63. The van der Waals surface area contributed by atoms with Crippen LogP contribution >= 0.6 is 0 Å². The molecule has 0 aliphatic carbocycles. The number of carboxylic acids is 1. The van der Waals surface area contributed by atoms with Crippen LogP contribution in [0.2, 0.25) is 0 Å². The Balaban J connectivity index is 1.89. The molecule has 2 heterocycles. The summed E-state index contributed by atoms with van der Waals surface area (Å²) in [5, 5.41) is 11.7. The molecule has 0 spiro atoms. The summed E-state index contributed by atoms with van der Waals surface area (Å²) in [7, 11) is 0. The first kappa shape index (κ1) is 18.7. The second kappa shape index (κ2) is 8.46. The lowest BCUT2D eigenvalue weighted by atomic mass is 10.1. The number of aliphatic carboxylic acids is 1. The van der Waals surface area contributed by atoms with Gasteiger partial charge < -0.3 is 15.3 Å². The van der Waals surface area contributed by atoms with E-state index in [1.165, 1.54) is 0 Å². The summed E-state index contributed by atoms with van der Waals surface area (Å²) in [6, 6.07) is -0.482. The quantitative estimate of drug-likeness (QED) is 0.679. The van der Waals surface area contributed by atoms with E-state index in [1.807, 2.05) is 6.92 Å². The first-order chi connectivity index (χ1) is 11.5. The standard InChI is InChI=1S/C17H29N3O4/c1-3-6-14(17(23)24)18-16(22)12-9-15(21)20(10-12)11-13-7-5-8-19(13)4-2/h12-14H,3-11H2,1-2H3,(H,18,22)(H,23,24). The summed E-state index contributed by atoms with van der Waals surface area (Å²) in [6.45, 7) is 7.13. The average molecular weight is 339 g/mol. The maximum absolute atomic E-state index is 12.3. The van der Waals surface area contributed by atoms with E-state index >= 15 is 0 Å². The van der Waals surface area contributed by atoms with Gasteiger partial charge in [0, 0.05) is 25.6 Å². The van der Waals surface area contributed by atoms with Crippen LogP contribution in [0.5, 0.6) is 0 Å². The Bertz CT molecular complexity index is 482. The SMILES string of the molecule is CCCC(NC(=O)C1CC(=O)N(CC2CCCN2CC)C1)C(=O)O. The van der Waals surface area contributed by atoms with Crippen LogP contribution in [0.1, 0.15) is 46.0 Å². The van der Waals surface area contributed by atoms with Gasteiger partial charge in [-0.05, 0) is 32.4 Å². The minimum Gasteiger partial charge on any atom is -0.480 e. The van der Waals surface area contributed by atoms with Gasteiger partial charge in [-0.15, -0.1) is 0 Å². The van der Waals surface area contributed by atoms with Gasteiger partial charge in [-0.1, -0.05) is 20.3 Å². The van der Waals surface area contributed by atoms with Crippen molar-refractivity contribution in [1.82, 2.24) is 15.1 Å². The van der Waals surface area contributed by atoms with Gasteiger partial charge >= 0.3 is 5.97 Å². The van der Waals surface area contributed by atoms with Crippen LogP contribution in [-0.2, 0) is 14.4 Å². The maximum atomic E-state index is 12.3. The molecule has 0 aromatic heterocycles. The molecule has 2 fully saturated rings. The Kier molecular flexibility index (Phi) is 6.60. The van der Waals surface area contributed by atoms with Gasteiger partial charge in [0.25, 0.3) is 0 Å². The molecule has 2 rings (SSSR count). The lowest BCUT2D eigenvalue weighted by Gasteiger charge is -2.27. The van der Waals surface area contributed by atoms with Crippen molar-refractivity contribution in [3.63, 3.8) is 0 Å². The van der Waals surface area contributed by atoms with E-state index in [-0.39, 0.29) is 18.2 Å². The van der Waals surface area contributed by atoms with Gasteiger partial charge in [0.15, 0.2) is 0 Å². The van der Waals surface area contributed by atoms with Gasteiger partial charge in [0.05, 0.1) is 5.92 Å². The molecule has 0 bridgehead atoms. The maximum Gasteiger partial charge on any atom is 0.326 e. The minimum absolute atomic E-state index is 0.000435. The van der Waals surface area contributed by atoms with Crippen LogP contribution in [-0.4, -0.2) is 71.0 Å². The summed E-state index contributed by atoms with van der Waals surface area (Å²) in [4.78, 5) is 39.9. The highest BCUT2D eigenvalue weighted by Gasteiger charge is 2.37. The Morgan fingerprint density at radius 1 is 1.38 bits per heavy atom. The molecule has 0 saturated carbocycles. The average Bonchev–Trinajstić information content (AvgIpc) is 3.14. The Morgan fingerprint density at radius 2 is 2.12 bits per heavy atom. The molecule has 0 radical (unpaired) electrons. The predicted octanol–water partition coefficient (Wildman–Crippen LogP) is 0.689. The third-order valence-corrected chi connectivity index (χ3v) is 5.11. The second-order valence-electron chi connectivity index (χ2n) is 6.81. The van der Waals surface area contributed by atoms with Crippen molar-refractivity contribution >= 4 is 17.8 Å². The number of hydrogen-bond acceptors (Lipinski definition) is 4. The molecule has 7 nitrogen and oxygen atoms in total. The summed E-state index contributed by atoms with van der Waals surface area (Å²) < 4.78 is 0. The molecular formula is C17H29N3O4. The fourth-order valence-corrected chi connectivity index (χ4v) is 3.73. The molecule has 0 aromatic carbocycles. The molecule has 2 N–H and O–H groups in total. The van der Waals surface area contributed by atoms with Crippen LogP contribution in [0.15, 0.2) is 0 Å². The van der Waals surface area contributed by atoms with E-state index in [1.54, 1.807) is 4.90 Å². The zero-order chi connectivity index (χ0) is 17.7. The Morgan fingerprint density at radius 3 is 2.75 bits per heavy atom. The molecule has 2 aliphatic heterocycles. The lowest BCUT2D eigenvalue weighted by molar-refractivity contribution is -0.142. The largest absolute Gasteiger partial charge is 0.480 e. The number of nitrogens with zero attached hydrogens (tertiary/aromatic N) is 2. The van der Waals surface area contributed by atoms with Crippen LogP contribution < -0.4 is 5.32 Å². The van der Waals surface area contributed by atoms with E-state index in [0.29, 0.717) is 32.0 Å². The van der Waals surface area contributed by atoms with E-state index < -0.39 is 17.9 Å². The number of nitrogens with one attached hydrogen (secondary N) is 1. The summed E-state index contributed by atoms with van der Waals surface area (Å²) in [6.07, 6.45) is 3.51. The number of carbonyl (C=O) groups excluding carboxylic acids is 2. The molecule has 7 heteroatoms. The van der Waals surface area contributed by atoms with E-state index in [4.69, 9.17) is 5.11 Å². The topological polar surface area (TPSA) is 90.0 Å². The van der Waals surface area contributed by atoms with Crippen LogP contribution in [0.3, 0.4) is 0 Å². The van der Waals surface area contributed by atoms with Gasteiger partial charge in [0.2, 0.25) is 11.8 Å². The van der Waals surface area contributed by atoms with Gasteiger partial charge in [-0.3, -0.25) is 14.5 Å². The van der Waals surface area contributed by atoms with Gasteiger partial charge in [0.1, 0.15) is 6.04 Å². The molecule has 0 aromatic rings. The van der Waals surface area contributed by atoms with Crippen molar-refractivity contribution in [2.24, 2.45) is 5.92 Å². The Labute approximate surface area is 143 Å². The molecule has 3 atom stereocenters. The number of rotatable bonds is 8. The first-order valence-electron chi connectivity index (χ1n) is 9.01. The van der Waals surface area contributed by atoms with Crippen molar-refractivity contribution in [3.8, 4) is 0 Å². The molecule has 136 valence electrons. The van der Waals surface area contributed by atoms with Gasteiger partial charge in [-0.2, -0.15) is 0 Å². The minimum atomic E-state index is -1.02. The molecule has 3 unspecified atom stereocenters. The van der Waals surface area contributed by atoms with Crippen LogP contribution in [0.25, 0.3) is 0 Å². The molecular weight excluding hydrogens is 310 g/mol. The number of hydrogen-bond donors (Lipinski definition) is 2. The fraction of sp³-hybridized carbons (Fsp3) is 0.824. The lowest BCUT2D eigenvalue weighted by Crippen LogP contribution is -2.45. The highest BCUT2D eigenvalue weighted by molar-refractivity contribution is 5.91. The summed E-state index contributed by atoms with van der Waals surface area (Å²) in [5.41, 5.74) is 0. The van der Waals surface area contributed by atoms with E-state index in [2.05, 4.69) is 17.1 Å². The molecule has 2 saturated heterocycles. The normalized spacial score (nSPS) is 25.9. The number of carbonyl (C=O) groups is 3. The highest BCUT2D eigenvalue weighted by atomic mass is 16.4. The molecule has 2 aliphatic rings. The van der Waals surface area contributed by atoms with Gasteiger partial charge in [-0.25, -0.2) is 4.79 Å². The smallest absolute Gasteiger partial charge is 0.326 e. The van der Waals surface area contributed by atoms with Crippen LogP contribution in [0, 0.1) is 5.92 Å². The number of likely N-dealkylation sites (N-methyl/N-ethyl adjacent to an activating group) is 1. The highest BCUT2D eigenvalue weighted by Crippen LogP contribution is 2.23. The molecule has 24 heavy (non-hydrogen) atoms. The van der Waals surface area contributed by atoms with E-state index in [9.17, 15) is 14.4 Å². The van der Waals surface area contributed by atoms with Crippen molar-refractivity contribution in [2.45, 2.75) is 58.0 Å². The van der Waals surface area contributed by atoms with Crippen molar-refractivity contribution in [2.75, 3.05) is 26.2 Å². The molecule has 2 amide bonds. The third kappa shape index (κ3) is 4.47. The van der Waals surface area contributed by atoms with Crippen molar-refractivity contribution < 1.29 is 19.5 Å². The number of carboxylic acid groups (broad SMARTS) is 1. The monoisotopic (exact) mass is 339 g/mol. The van der Waals surface area contributed by atoms with Crippen molar-refractivity contribution in [1.29, 1.82) is 0 Å². The summed E-state index contributed by atoms with van der Waals surface area (Å²) in [5.74, 6) is -1.77.